The van der Waals surface area contributed by atoms with E-state index in [0.717, 1.165) is 24.8 Å². The molecule has 3 aliphatic rings. The monoisotopic (exact) mass is 579 g/mol. The van der Waals surface area contributed by atoms with Crippen LogP contribution in [0.3, 0.4) is 0 Å². The van der Waals surface area contributed by atoms with Crippen molar-refractivity contribution >= 4 is 29.4 Å². The first-order chi connectivity index (χ1) is 19.7. The third-order valence-electron chi connectivity index (χ3n) is 8.64. The van der Waals surface area contributed by atoms with Crippen molar-refractivity contribution in [1.82, 2.24) is 15.5 Å². The Morgan fingerprint density at radius 3 is 2.71 bits per heavy atom. The van der Waals surface area contributed by atoms with Crippen LogP contribution in [0.4, 0.5) is 4.39 Å². The maximum atomic E-state index is 14.2. The van der Waals surface area contributed by atoms with Gasteiger partial charge in [0.05, 0.1) is 22.8 Å². The summed E-state index contributed by atoms with van der Waals surface area (Å²) in [5.41, 5.74) is 1.14. The second-order valence-corrected chi connectivity index (χ2v) is 12.9. The predicted octanol–water partition coefficient (Wildman–Crippen LogP) is 4.13. The van der Waals surface area contributed by atoms with Crippen molar-refractivity contribution < 1.29 is 23.9 Å². The summed E-state index contributed by atoms with van der Waals surface area (Å²) >= 11 is 1.49. The van der Waals surface area contributed by atoms with E-state index >= 15 is 0 Å². The largest absolute Gasteiger partial charge is 0.381 e. The van der Waals surface area contributed by atoms with Gasteiger partial charge in [-0.2, -0.15) is 0 Å². The molecule has 7 nitrogen and oxygen atoms in total. The molecule has 0 aromatic heterocycles. The maximum Gasteiger partial charge on any atom is 0.254 e. The molecular weight excluding hydrogens is 541 g/mol. The molecule has 218 valence electrons. The molecule has 41 heavy (non-hydrogen) atoms. The standard InChI is InChI=1S/C32H38FN3O4S/c1-20-23(14-9-15-24(20)33)30(39)34-26(18-22-12-7-4-8-13-22)28(38)31(40)36-19-41-32(2)29(36)27(37)25(35-32)17-16-21-10-5-3-6-11-21/h4-5,7-10,12-15,21,25-26,28-29,35,38H,3,6,11,16-19H2,1-2H3,(H,34,39)/t21?,25?,26-,28-,29+,32?/m0/s1. The Hall–Kier alpha value is -3.01. The summed E-state index contributed by atoms with van der Waals surface area (Å²) < 4.78 is 14.2. The Kier molecular flexibility index (Phi) is 8.97. The highest BCUT2D eigenvalue weighted by Gasteiger charge is 2.58. The fourth-order valence-electron chi connectivity index (χ4n) is 6.27. The lowest BCUT2D eigenvalue weighted by Crippen LogP contribution is -2.56. The number of Topliss-reactive ketones (excluding diaryl/α,β-unsaturated/α-hetero) is 1. The van der Waals surface area contributed by atoms with Crippen molar-refractivity contribution in [2.45, 2.75) is 81.5 Å². The number of benzene rings is 2. The summed E-state index contributed by atoms with van der Waals surface area (Å²) in [7, 11) is 0. The van der Waals surface area contributed by atoms with Crippen LogP contribution in [-0.2, 0) is 16.0 Å². The summed E-state index contributed by atoms with van der Waals surface area (Å²) in [6.07, 6.45) is 8.07. The molecule has 2 amide bonds. The van der Waals surface area contributed by atoms with Gasteiger partial charge in [-0.15, -0.1) is 11.8 Å². The lowest BCUT2D eigenvalue weighted by atomic mass is 9.89. The van der Waals surface area contributed by atoms with Crippen molar-refractivity contribution in [3.05, 3.63) is 83.2 Å². The van der Waals surface area contributed by atoms with Crippen molar-refractivity contribution in [2.75, 3.05) is 5.88 Å². The van der Waals surface area contributed by atoms with Crippen LogP contribution in [0.1, 0.15) is 60.5 Å². The third kappa shape index (κ3) is 6.27. The van der Waals surface area contributed by atoms with Crippen molar-refractivity contribution in [2.24, 2.45) is 5.92 Å². The molecule has 0 bridgehead atoms. The zero-order valence-corrected chi connectivity index (χ0v) is 24.3. The van der Waals surface area contributed by atoms with Crippen LogP contribution >= 0.6 is 11.8 Å². The molecule has 2 saturated heterocycles. The van der Waals surface area contributed by atoms with Crippen LogP contribution in [0.2, 0.25) is 0 Å². The van der Waals surface area contributed by atoms with Crippen molar-refractivity contribution in [3.63, 3.8) is 0 Å². The lowest BCUT2D eigenvalue weighted by Gasteiger charge is -2.31. The first-order valence-corrected chi connectivity index (χ1v) is 15.4. The number of allylic oxidation sites excluding steroid dienone is 2. The number of hydrogen-bond acceptors (Lipinski definition) is 6. The van der Waals surface area contributed by atoms with Gasteiger partial charge >= 0.3 is 0 Å². The molecule has 0 radical (unpaired) electrons. The van der Waals surface area contributed by atoms with Crippen LogP contribution in [0.15, 0.2) is 60.7 Å². The predicted molar refractivity (Wildman–Crippen MR) is 158 cm³/mol. The molecule has 1 aliphatic carbocycles. The first kappa shape index (κ1) is 29.5. The number of aliphatic hydroxyl groups excluding tert-OH is 1. The summed E-state index contributed by atoms with van der Waals surface area (Å²) in [5, 5.41) is 17.7. The minimum absolute atomic E-state index is 0.0307. The fraction of sp³-hybridized carbons (Fsp3) is 0.469. The zero-order chi connectivity index (χ0) is 29.1. The van der Waals surface area contributed by atoms with Crippen LogP contribution in [0, 0.1) is 18.7 Å². The van der Waals surface area contributed by atoms with Gasteiger partial charge in [0, 0.05) is 5.56 Å². The van der Waals surface area contributed by atoms with E-state index in [1.165, 1.54) is 48.2 Å². The highest BCUT2D eigenvalue weighted by atomic mass is 32.2. The van der Waals surface area contributed by atoms with E-state index in [2.05, 4.69) is 22.8 Å². The molecule has 2 heterocycles. The number of carbonyl (C=O) groups excluding carboxylic acids is 3. The molecule has 0 spiro atoms. The Labute approximate surface area is 245 Å². The van der Waals surface area contributed by atoms with Gasteiger partial charge in [0.15, 0.2) is 11.9 Å². The number of hydrogen-bond donors (Lipinski definition) is 3. The minimum atomic E-state index is -1.60. The molecule has 2 aromatic carbocycles. The van der Waals surface area contributed by atoms with Gasteiger partial charge in [-0.3, -0.25) is 19.7 Å². The van der Waals surface area contributed by atoms with Gasteiger partial charge in [0.25, 0.3) is 11.8 Å². The van der Waals surface area contributed by atoms with E-state index in [4.69, 9.17) is 0 Å². The van der Waals surface area contributed by atoms with Gasteiger partial charge in [-0.1, -0.05) is 48.6 Å². The van der Waals surface area contributed by atoms with E-state index in [9.17, 15) is 23.9 Å². The molecule has 3 unspecified atom stereocenters. The number of halogens is 1. The second-order valence-electron chi connectivity index (χ2n) is 11.5. The molecular formula is C32H38FN3O4S. The van der Waals surface area contributed by atoms with Gasteiger partial charge in [-0.05, 0) is 81.5 Å². The Morgan fingerprint density at radius 2 is 1.98 bits per heavy atom. The molecule has 6 atom stereocenters. The smallest absolute Gasteiger partial charge is 0.254 e. The SMILES string of the molecule is Cc1c(F)cccc1C(=O)N[C@@H](Cc1ccccc1)[C@H](O)C(=O)N1CSC2(C)NC(CCC3C=CCCC3)C(=O)[C@@H]12. The van der Waals surface area contributed by atoms with Crippen LogP contribution < -0.4 is 10.6 Å². The average molecular weight is 580 g/mol. The highest BCUT2D eigenvalue weighted by Crippen LogP contribution is 2.44. The molecule has 0 saturated carbocycles. The Balaban J connectivity index is 1.32. The van der Waals surface area contributed by atoms with E-state index in [1.807, 2.05) is 37.3 Å². The van der Waals surface area contributed by atoms with Gasteiger partial charge in [0.2, 0.25) is 0 Å². The van der Waals surface area contributed by atoms with E-state index in [-0.39, 0.29) is 35.2 Å². The van der Waals surface area contributed by atoms with E-state index < -0.39 is 40.7 Å². The number of rotatable bonds is 9. The van der Waals surface area contributed by atoms with E-state index in [1.54, 1.807) is 0 Å². The number of nitrogens with zero attached hydrogens (tertiary/aromatic N) is 1. The van der Waals surface area contributed by atoms with E-state index in [0.29, 0.717) is 12.3 Å². The number of ketones is 1. The number of carbonyl (C=O) groups is 3. The number of amides is 2. The van der Waals surface area contributed by atoms with Crippen LogP contribution in [0.25, 0.3) is 0 Å². The molecule has 9 heteroatoms. The zero-order valence-electron chi connectivity index (χ0n) is 23.5. The normalized spacial score (nSPS) is 27.0. The lowest BCUT2D eigenvalue weighted by molar-refractivity contribution is -0.145. The second kappa shape index (κ2) is 12.5. The van der Waals surface area contributed by atoms with Gasteiger partial charge < -0.3 is 15.3 Å². The molecule has 5 rings (SSSR count). The van der Waals surface area contributed by atoms with Crippen molar-refractivity contribution in [1.29, 1.82) is 0 Å². The highest BCUT2D eigenvalue weighted by molar-refractivity contribution is 8.00. The Morgan fingerprint density at radius 1 is 1.20 bits per heavy atom. The summed E-state index contributed by atoms with van der Waals surface area (Å²) in [5.74, 6) is -0.994. The topological polar surface area (TPSA) is 98.7 Å². The van der Waals surface area contributed by atoms with Crippen molar-refractivity contribution in [3.8, 4) is 0 Å². The number of fused-ring (bicyclic) bond motifs is 1. The quantitative estimate of drug-likeness (QED) is 0.387. The molecule has 2 aliphatic heterocycles. The maximum absolute atomic E-state index is 14.2. The third-order valence-corrected chi connectivity index (χ3v) is 9.98. The molecule has 2 aromatic rings. The number of nitrogens with one attached hydrogen (secondary N) is 2. The van der Waals surface area contributed by atoms with Crippen LogP contribution in [0.5, 0.6) is 0 Å². The minimum Gasteiger partial charge on any atom is -0.381 e. The average Bonchev–Trinajstić information content (AvgIpc) is 3.44. The van der Waals surface area contributed by atoms with Gasteiger partial charge in [-0.25, -0.2) is 4.39 Å². The number of thioether (sulfide) groups is 1. The number of aliphatic hydroxyl groups is 1. The molecule has 2 fully saturated rings. The van der Waals surface area contributed by atoms with Crippen LogP contribution in [-0.4, -0.2) is 62.6 Å². The summed E-state index contributed by atoms with van der Waals surface area (Å²) in [4.78, 5) is 41.5. The summed E-state index contributed by atoms with van der Waals surface area (Å²) in [6, 6.07) is 11.4. The molecule has 3 N–H and O–H groups in total. The van der Waals surface area contributed by atoms with Gasteiger partial charge in [0.1, 0.15) is 11.9 Å². The Bertz CT molecular complexity index is 1320. The first-order valence-electron chi connectivity index (χ1n) is 14.4. The fourth-order valence-corrected chi connectivity index (χ4v) is 7.58. The summed E-state index contributed by atoms with van der Waals surface area (Å²) in [6.45, 7) is 3.45.